The lowest BCUT2D eigenvalue weighted by Gasteiger charge is -2.05. The van der Waals surface area contributed by atoms with Crippen molar-refractivity contribution in [3.8, 4) is 22.8 Å². The first-order valence-corrected chi connectivity index (χ1v) is 7.16. The Morgan fingerprint density at radius 2 is 2.00 bits per heavy atom. The zero-order valence-electron chi connectivity index (χ0n) is 13.1. The summed E-state index contributed by atoms with van der Waals surface area (Å²) in [5.74, 6) is -0.0321. The van der Waals surface area contributed by atoms with Crippen LogP contribution in [0.25, 0.3) is 17.1 Å². The number of methoxy groups -OCH3 is 1. The van der Waals surface area contributed by atoms with E-state index >= 15 is 0 Å². The standard InChI is InChI=1S/C16H13FN4O4/c1-24-10-25-13-5-3-12(4-6-13)20-9-18-16(19-20)11-2-7-15(21(22)23)14(17)8-11/h2-9H,10H2,1H3. The summed E-state index contributed by atoms with van der Waals surface area (Å²) < 4.78 is 25.4. The summed E-state index contributed by atoms with van der Waals surface area (Å²) in [4.78, 5) is 14.0. The molecule has 25 heavy (non-hydrogen) atoms. The van der Waals surface area contributed by atoms with Crippen molar-refractivity contribution in [3.05, 3.63) is 64.7 Å². The molecule has 0 aliphatic heterocycles. The molecule has 0 radical (unpaired) electrons. The molecule has 8 nitrogen and oxygen atoms in total. The minimum atomic E-state index is -0.932. The Morgan fingerprint density at radius 3 is 2.64 bits per heavy atom. The monoisotopic (exact) mass is 344 g/mol. The van der Waals surface area contributed by atoms with Crippen molar-refractivity contribution in [3.63, 3.8) is 0 Å². The van der Waals surface area contributed by atoms with Crippen LogP contribution in [-0.2, 0) is 4.74 Å². The number of halogens is 1. The van der Waals surface area contributed by atoms with Crippen molar-refractivity contribution in [2.75, 3.05) is 13.9 Å². The third-order valence-corrected chi connectivity index (χ3v) is 3.34. The first-order chi connectivity index (χ1) is 12.1. The van der Waals surface area contributed by atoms with Gasteiger partial charge < -0.3 is 9.47 Å². The van der Waals surface area contributed by atoms with E-state index in [1.807, 2.05) is 0 Å². The maximum Gasteiger partial charge on any atom is 0.304 e. The number of benzene rings is 2. The SMILES string of the molecule is COCOc1ccc(-n2cnc(-c3ccc([N+](=O)[O-])c(F)c3)n2)cc1. The normalized spacial score (nSPS) is 10.6. The Kier molecular flexibility index (Phi) is 4.66. The molecule has 9 heteroatoms. The topological polar surface area (TPSA) is 92.3 Å². The van der Waals surface area contributed by atoms with Gasteiger partial charge in [-0.3, -0.25) is 10.1 Å². The molecule has 0 amide bonds. The van der Waals surface area contributed by atoms with Crippen LogP contribution in [0.15, 0.2) is 48.8 Å². The second kappa shape index (κ2) is 7.05. The highest BCUT2D eigenvalue weighted by molar-refractivity contribution is 5.57. The number of nitro groups is 1. The minimum absolute atomic E-state index is 0.151. The molecule has 128 valence electrons. The molecular formula is C16H13FN4O4. The van der Waals surface area contributed by atoms with Gasteiger partial charge in [0, 0.05) is 18.7 Å². The zero-order valence-corrected chi connectivity index (χ0v) is 13.1. The summed E-state index contributed by atoms with van der Waals surface area (Å²) in [6.45, 7) is 0.151. The minimum Gasteiger partial charge on any atom is -0.468 e. The quantitative estimate of drug-likeness (QED) is 0.388. The smallest absolute Gasteiger partial charge is 0.304 e. The van der Waals surface area contributed by atoms with Crippen LogP contribution in [0.4, 0.5) is 10.1 Å². The highest BCUT2D eigenvalue weighted by Gasteiger charge is 2.16. The lowest BCUT2D eigenvalue weighted by molar-refractivity contribution is -0.387. The molecule has 0 spiro atoms. The molecule has 0 aliphatic carbocycles. The molecule has 0 aliphatic rings. The molecule has 3 aromatic rings. The molecule has 0 unspecified atom stereocenters. The molecule has 1 heterocycles. The highest BCUT2D eigenvalue weighted by atomic mass is 19.1. The third kappa shape index (κ3) is 3.61. The van der Waals surface area contributed by atoms with Gasteiger partial charge in [0.2, 0.25) is 5.82 Å². The van der Waals surface area contributed by atoms with E-state index in [1.54, 1.807) is 24.3 Å². The summed E-state index contributed by atoms with van der Waals surface area (Å²) in [5.41, 5.74) is 0.489. The molecular weight excluding hydrogens is 331 g/mol. The third-order valence-electron chi connectivity index (χ3n) is 3.34. The summed E-state index contributed by atoms with van der Waals surface area (Å²) >= 11 is 0. The fourth-order valence-electron chi connectivity index (χ4n) is 2.14. The van der Waals surface area contributed by atoms with Crippen molar-refractivity contribution >= 4 is 5.69 Å². The van der Waals surface area contributed by atoms with Gasteiger partial charge in [-0.15, -0.1) is 5.10 Å². The molecule has 0 N–H and O–H groups in total. The maximum atomic E-state index is 13.7. The van der Waals surface area contributed by atoms with Crippen molar-refractivity contribution < 1.29 is 18.8 Å². The predicted octanol–water partition coefficient (Wildman–Crippen LogP) is 2.96. The molecule has 0 bridgehead atoms. The number of nitrogens with zero attached hydrogens (tertiary/aromatic N) is 4. The van der Waals surface area contributed by atoms with Gasteiger partial charge >= 0.3 is 5.69 Å². The van der Waals surface area contributed by atoms with Crippen molar-refractivity contribution in [1.29, 1.82) is 0 Å². The van der Waals surface area contributed by atoms with Gasteiger partial charge in [0.1, 0.15) is 12.1 Å². The Hall–Kier alpha value is -3.33. The molecule has 2 aromatic carbocycles. The van der Waals surface area contributed by atoms with E-state index in [1.165, 1.54) is 24.2 Å². The highest BCUT2D eigenvalue weighted by Crippen LogP contribution is 2.24. The molecule has 0 saturated carbocycles. The Balaban J connectivity index is 1.82. The van der Waals surface area contributed by atoms with Crippen LogP contribution in [0.1, 0.15) is 0 Å². The van der Waals surface area contributed by atoms with Crippen LogP contribution >= 0.6 is 0 Å². The second-order valence-electron chi connectivity index (χ2n) is 4.98. The molecule has 0 saturated heterocycles. The summed E-state index contributed by atoms with van der Waals surface area (Å²) in [7, 11) is 1.53. The van der Waals surface area contributed by atoms with Crippen molar-refractivity contribution in [2.24, 2.45) is 0 Å². The molecule has 1 aromatic heterocycles. The van der Waals surface area contributed by atoms with Gasteiger partial charge in [-0.05, 0) is 36.4 Å². The van der Waals surface area contributed by atoms with Crippen molar-refractivity contribution in [2.45, 2.75) is 0 Å². The van der Waals surface area contributed by atoms with Crippen LogP contribution in [0, 0.1) is 15.9 Å². The molecule has 0 atom stereocenters. The molecule has 0 fully saturated rings. The maximum absolute atomic E-state index is 13.7. The number of hydrogen-bond acceptors (Lipinski definition) is 6. The zero-order chi connectivity index (χ0) is 17.8. The Labute approximate surface area is 141 Å². The van der Waals surface area contributed by atoms with Gasteiger partial charge in [-0.25, -0.2) is 9.67 Å². The van der Waals surface area contributed by atoms with E-state index in [0.717, 1.165) is 17.8 Å². The van der Waals surface area contributed by atoms with Gasteiger partial charge in [-0.1, -0.05) is 0 Å². The first kappa shape index (κ1) is 16.5. The van der Waals surface area contributed by atoms with Gasteiger partial charge in [-0.2, -0.15) is 4.39 Å². The lowest BCUT2D eigenvalue weighted by atomic mass is 10.2. The number of aromatic nitrogens is 3. The van der Waals surface area contributed by atoms with E-state index < -0.39 is 16.4 Å². The van der Waals surface area contributed by atoms with E-state index in [4.69, 9.17) is 9.47 Å². The first-order valence-electron chi connectivity index (χ1n) is 7.16. The van der Waals surface area contributed by atoms with Gasteiger partial charge in [0.15, 0.2) is 12.6 Å². The number of rotatable bonds is 6. The Bertz CT molecular complexity index is 895. The average molecular weight is 344 g/mol. The van der Waals surface area contributed by atoms with E-state index in [9.17, 15) is 14.5 Å². The van der Waals surface area contributed by atoms with E-state index in [-0.39, 0.29) is 12.6 Å². The number of hydrogen-bond donors (Lipinski definition) is 0. The summed E-state index contributed by atoms with van der Waals surface area (Å²) in [6.07, 6.45) is 1.47. The number of ether oxygens (including phenoxy) is 2. The van der Waals surface area contributed by atoms with Crippen LogP contribution in [-0.4, -0.2) is 33.6 Å². The van der Waals surface area contributed by atoms with Crippen LogP contribution in [0.2, 0.25) is 0 Å². The van der Waals surface area contributed by atoms with Crippen molar-refractivity contribution in [1.82, 2.24) is 14.8 Å². The van der Waals surface area contributed by atoms with E-state index in [2.05, 4.69) is 10.1 Å². The van der Waals surface area contributed by atoms with E-state index in [0.29, 0.717) is 11.3 Å². The van der Waals surface area contributed by atoms with Gasteiger partial charge in [0.25, 0.3) is 0 Å². The average Bonchev–Trinajstić information content (AvgIpc) is 3.10. The van der Waals surface area contributed by atoms with Gasteiger partial charge in [0.05, 0.1) is 10.6 Å². The second-order valence-corrected chi connectivity index (χ2v) is 4.98. The van der Waals surface area contributed by atoms with Crippen LogP contribution in [0.5, 0.6) is 5.75 Å². The fourth-order valence-corrected chi connectivity index (χ4v) is 2.14. The molecule has 3 rings (SSSR count). The number of nitro benzene ring substituents is 1. The van der Waals surface area contributed by atoms with Crippen LogP contribution in [0.3, 0.4) is 0 Å². The summed E-state index contributed by atoms with van der Waals surface area (Å²) in [6, 6.07) is 10.6. The predicted molar refractivity (Wildman–Crippen MR) is 85.9 cm³/mol. The van der Waals surface area contributed by atoms with Crippen LogP contribution < -0.4 is 4.74 Å². The largest absolute Gasteiger partial charge is 0.468 e. The summed E-state index contributed by atoms with van der Waals surface area (Å²) in [5, 5.41) is 14.9. The fraction of sp³-hybridized carbons (Fsp3) is 0.125. The Morgan fingerprint density at radius 1 is 1.24 bits per heavy atom. The lowest BCUT2D eigenvalue weighted by Crippen LogP contribution is -1.99.